The van der Waals surface area contributed by atoms with Gasteiger partial charge < -0.3 is 19.5 Å². The Morgan fingerprint density at radius 1 is 1.11 bits per heavy atom. The molecule has 0 aliphatic heterocycles. The number of nitrogens with zero attached hydrogens (tertiary/aromatic N) is 1. The molecule has 0 aromatic heterocycles. The van der Waals surface area contributed by atoms with E-state index in [9.17, 15) is 9.59 Å². The van der Waals surface area contributed by atoms with E-state index in [0.717, 1.165) is 5.56 Å². The van der Waals surface area contributed by atoms with E-state index in [4.69, 9.17) is 19.5 Å². The molecular weight excluding hydrogens is 360 g/mol. The number of hydrogen-bond donors (Lipinski definition) is 1. The Kier molecular flexibility index (Phi) is 7.40. The predicted octanol–water partition coefficient (Wildman–Crippen LogP) is 3.08. The summed E-state index contributed by atoms with van der Waals surface area (Å²) in [5.74, 6) is 0.196. The fraction of sp³-hybridized carbons (Fsp3) is 0.286. The van der Waals surface area contributed by atoms with Crippen molar-refractivity contribution in [2.75, 3.05) is 19.5 Å². The lowest BCUT2D eigenvalue weighted by Gasteiger charge is -2.14. The SMILES string of the molecule is COc1ccc(CCC(=O)OC(C)C(=O)Nc2ccccc2C#N)cc1OC. The Bertz CT molecular complexity index is 889. The maximum absolute atomic E-state index is 12.2. The summed E-state index contributed by atoms with van der Waals surface area (Å²) < 4.78 is 15.6. The molecule has 2 aromatic rings. The van der Waals surface area contributed by atoms with Crippen molar-refractivity contribution < 1.29 is 23.8 Å². The summed E-state index contributed by atoms with van der Waals surface area (Å²) in [6.45, 7) is 1.48. The molecule has 0 aliphatic rings. The quantitative estimate of drug-likeness (QED) is 0.705. The van der Waals surface area contributed by atoms with Crippen molar-refractivity contribution >= 4 is 17.6 Å². The third-order valence-corrected chi connectivity index (χ3v) is 4.05. The largest absolute Gasteiger partial charge is 0.493 e. The van der Waals surface area contributed by atoms with Gasteiger partial charge in [0.2, 0.25) is 0 Å². The Morgan fingerprint density at radius 2 is 1.82 bits per heavy atom. The van der Waals surface area contributed by atoms with Gasteiger partial charge in [-0.1, -0.05) is 18.2 Å². The van der Waals surface area contributed by atoms with Crippen molar-refractivity contribution in [2.45, 2.75) is 25.9 Å². The van der Waals surface area contributed by atoms with Crippen LogP contribution in [0.4, 0.5) is 5.69 Å². The molecule has 1 atom stereocenters. The fourth-order valence-electron chi connectivity index (χ4n) is 2.52. The normalized spacial score (nSPS) is 11.1. The van der Waals surface area contributed by atoms with Gasteiger partial charge in [0.15, 0.2) is 17.6 Å². The van der Waals surface area contributed by atoms with Gasteiger partial charge in [0.05, 0.1) is 25.5 Å². The first-order chi connectivity index (χ1) is 13.5. The lowest BCUT2D eigenvalue weighted by Crippen LogP contribution is -2.30. The maximum Gasteiger partial charge on any atom is 0.306 e. The Labute approximate surface area is 163 Å². The first-order valence-corrected chi connectivity index (χ1v) is 8.68. The smallest absolute Gasteiger partial charge is 0.306 e. The van der Waals surface area contributed by atoms with E-state index in [2.05, 4.69) is 5.32 Å². The zero-order valence-electron chi connectivity index (χ0n) is 16.0. The van der Waals surface area contributed by atoms with E-state index in [0.29, 0.717) is 29.2 Å². The van der Waals surface area contributed by atoms with Gasteiger partial charge >= 0.3 is 5.97 Å². The summed E-state index contributed by atoms with van der Waals surface area (Å²) in [5.41, 5.74) is 1.60. The molecule has 1 unspecified atom stereocenters. The van der Waals surface area contributed by atoms with Crippen molar-refractivity contribution in [1.82, 2.24) is 0 Å². The van der Waals surface area contributed by atoms with Gasteiger partial charge in [-0.3, -0.25) is 9.59 Å². The van der Waals surface area contributed by atoms with Crippen LogP contribution in [0.3, 0.4) is 0 Å². The molecule has 28 heavy (non-hydrogen) atoms. The van der Waals surface area contributed by atoms with Crippen molar-refractivity contribution in [1.29, 1.82) is 5.26 Å². The number of esters is 1. The maximum atomic E-state index is 12.2. The summed E-state index contributed by atoms with van der Waals surface area (Å²) in [7, 11) is 3.09. The average molecular weight is 382 g/mol. The van der Waals surface area contributed by atoms with E-state index in [1.165, 1.54) is 6.92 Å². The molecule has 0 radical (unpaired) electrons. The number of carbonyl (C=O) groups excluding carboxylic acids is 2. The molecule has 0 bridgehead atoms. The number of amides is 1. The molecule has 0 saturated heterocycles. The molecule has 1 amide bonds. The van der Waals surface area contributed by atoms with Gasteiger partial charge in [0.1, 0.15) is 6.07 Å². The molecule has 0 fully saturated rings. The van der Waals surface area contributed by atoms with E-state index >= 15 is 0 Å². The zero-order valence-corrected chi connectivity index (χ0v) is 16.0. The number of carbonyl (C=O) groups is 2. The fourth-order valence-corrected chi connectivity index (χ4v) is 2.52. The van der Waals surface area contributed by atoms with Crippen molar-refractivity contribution in [3.05, 3.63) is 53.6 Å². The van der Waals surface area contributed by atoms with Crippen LogP contribution in [0.5, 0.6) is 11.5 Å². The highest BCUT2D eigenvalue weighted by Gasteiger charge is 2.19. The number of para-hydroxylation sites is 1. The van der Waals surface area contributed by atoms with Gasteiger partial charge in [-0.25, -0.2) is 0 Å². The minimum Gasteiger partial charge on any atom is -0.493 e. The lowest BCUT2D eigenvalue weighted by molar-refractivity contribution is -0.153. The van der Waals surface area contributed by atoms with Crippen LogP contribution in [0.1, 0.15) is 24.5 Å². The van der Waals surface area contributed by atoms with E-state index in [-0.39, 0.29) is 6.42 Å². The van der Waals surface area contributed by atoms with Crippen molar-refractivity contribution in [3.8, 4) is 17.6 Å². The number of benzene rings is 2. The first kappa shape index (κ1) is 20.8. The molecule has 0 aliphatic carbocycles. The third kappa shape index (κ3) is 5.48. The van der Waals surface area contributed by atoms with Crippen LogP contribution in [0, 0.1) is 11.3 Å². The van der Waals surface area contributed by atoms with Crippen LogP contribution in [-0.4, -0.2) is 32.2 Å². The minimum absolute atomic E-state index is 0.113. The summed E-state index contributed by atoms with van der Waals surface area (Å²) in [6.07, 6.45) is -0.434. The van der Waals surface area contributed by atoms with Crippen LogP contribution >= 0.6 is 0 Å². The molecule has 7 heteroatoms. The van der Waals surface area contributed by atoms with Crippen LogP contribution in [-0.2, 0) is 20.7 Å². The summed E-state index contributed by atoms with van der Waals surface area (Å²) in [6, 6.07) is 14.0. The van der Waals surface area contributed by atoms with Crippen LogP contribution in [0.25, 0.3) is 0 Å². The third-order valence-electron chi connectivity index (χ3n) is 4.05. The highest BCUT2D eigenvalue weighted by atomic mass is 16.5. The van der Waals surface area contributed by atoms with Gasteiger partial charge in [-0.2, -0.15) is 5.26 Å². The number of ether oxygens (including phenoxy) is 3. The predicted molar refractivity (Wildman–Crippen MR) is 103 cm³/mol. The number of nitriles is 1. The van der Waals surface area contributed by atoms with Crippen LogP contribution in [0.2, 0.25) is 0 Å². The first-order valence-electron chi connectivity index (χ1n) is 8.68. The summed E-state index contributed by atoms with van der Waals surface area (Å²) in [4.78, 5) is 24.3. The second-order valence-electron chi connectivity index (χ2n) is 5.97. The topological polar surface area (TPSA) is 97.6 Å². The highest BCUT2D eigenvalue weighted by molar-refractivity contribution is 5.96. The van der Waals surface area contributed by atoms with E-state index < -0.39 is 18.0 Å². The number of hydrogen-bond acceptors (Lipinski definition) is 6. The Hall–Kier alpha value is -3.53. The van der Waals surface area contributed by atoms with Gasteiger partial charge in [0.25, 0.3) is 5.91 Å². The zero-order chi connectivity index (χ0) is 20.5. The molecule has 1 N–H and O–H groups in total. The van der Waals surface area contributed by atoms with Crippen molar-refractivity contribution in [2.24, 2.45) is 0 Å². The Morgan fingerprint density at radius 3 is 2.50 bits per heavy atom. The molecule has 0 saturated carbocycles. The van der Waals surface area contributed by atoms with Gasteiger partial charge in [-0.15, -0.1) is 0 Å². The molecule has 2 rings (SSSR count). The average Bonchev–Trinajstić information content (AvgIpc) is 2.72. The Balaban J connectivity index is 1.88. The molecule has 0 spiro atoms. The standard InChI is InChI=1S/C21H22N2O5/c1-14(21(25)23-17-7-5-4-6-16(17)13-22)28-20(24)11-9-15-8-10-18(26-2)19(12-15)27-3/h4-8,10,12,14H,9,11H2,1-3H3,(H,23,25). The second-order valence-corrected chi connectivity index (χ2v) is 5.97. The number of nitrogens with one attached hydrogen (secondary N) is 1. The minimum atomic E-state index is -0.982. The van der Waals surface area contributed by atoms with E-state index in [1.807, 2.05) is 12.1 Å². The second kappa shape index (κ2) is 9.97. The lowest BCUT2D eigenvalue weighted by atomic mass is 10.1. The summed E-state index contributed by atoms with van der Waals surface area (Å²) in [5, 5.41) is 11.7. The van der Waals surface area contributed by atoms with Crippen LogP contribution < -0.4 is 14.8 Å². The number of anilines is 1. The number of rotatable bonds is 8. The highest BCUT2D eigenvalue weighted by Crippen LogP contribution is 2.28. The van der Waals surface area contributed by atoms with E-state index in [1.54, 1.807) is 50.6 Å². The molecule has 146 valence electrons. The molecule has 7 nitrogen and oxygen atoms in total. The molecular formula is C21H22N2O5. The van der Waals surface area contributed by atoms with Gasteiger partial charge in [0, 0.05) is 6.42 Å². The molecule has 0 heterocycles. The number of methoxy groups -OCH3 is 2. The summed E-state index contributed by atoms with van der Waals surface area (Å²) >= 11 is 0. The molecule has 2 aromatic carbocycles. The van der Waals surface area contributed by atoms with Crippen molar-refractivity contribution in [3.63, 3.8) is 0 Å². The van der Waals surface area contributed by atoms with Crippen LogP contribution in [0.15, 0.2) is 42.5 Å². The monoisotopic (exact) mass is 382 g/mol. The number of aryl methyl sites for hydroxylation is 1. The van der Waals surface area contributed by atoms with Gasteiger partial charge in [-0.05, 0) is 43.2 Å².